The Balaban J connectivity index is 4.93. The van der Waals surface area contributed by atoms with E-state index in [9.17, 15) is 0 Å². The van der Waals surface area contributed by atoms with E-state index in [0.717, 1.165) is 6.04 Å². The lowest BCUT2D eigenvalue weighted by molar-refractivity contribution is 1.02. The quantitative estimate of drug-likeness (QED) is 0.450. The lowest BCUT2D eigenvalue weighted by Crippen LogP contribution is -2.34. The fourth-order valence-electron chi connectivity index (χ4n) is 1.35. The Kier molecular flexibility index (Phi) is 4.79. The van der Waals surface area contributed by atoms with Crippen LogP contribution in [-0.2, 0) is 0 Å². The van der Waals surface area contributed by atoms with Gasteiger partial charge in [-0.1, -0.05) is 20.8 Å². The van der Waals surface area contributed by atoms with Crippen LogP contribution in [0.15, 0.2) is 0 Å². The van der Waals surface area contributed by atoms with Crippen molar-refractivity contribution >= 4 is 8.07 Å². The fourth-order valence-corrected chi connectivity index (χ4v) is 4.05. The number of hydrogen-bond donors (Lipinski definition) is 0. The molecule has 0 spiro atoms. The summed E-state index contributed by atoms with van der Waals surface area (Å²) >= 11 is 0. The molecule has 0 saturated heterocycles. The van der Waals surface area contributed by atoms with Crippen molar-refractivity contribution < 1.29 is 0 Å². The summed E-state index contributed by atoms with van der Waals surface area (Å²) < 4.78 is 0. The predicted molar refractivity (Wildman–Crippen MR) is 58.2 cm³/mol. The zero-order valence-corrected chi connectivity index (χ0v) is 9.78. The first-order valence-electron chi connectivity index (χ1n) is 4.50. The van der Waals surface area contributed by atoms with Crippen molar-refractivity contribution in [2.45, 2.75) is 46.2 Å². The Hall–Kier alpha value is -0.663. The molecule has 0 aliphatic carbocycles. The van der Waals surface area contributed by atoms with E-state index in [1.807, 2.05) is 13.8 Å². The molecule has 0 fully saturated rings. The molecule has 0 saturated carbocycles. The minimum absolute atomic E-state index is 0.641. The molecule has 12 heavy (non-hydrogen) atoms. The van der Waals surface area contributed by atoms with Gasteiger partial charge in [0.1, 0.15) is 0 Å². The Labute approximate surface area is 77.8 Å². The van der Waals surface area contributed by atoms with E-state index >= 15 is 0 Å². The van der Waals surface area contributed by atoms with E-state index in [2.05, 4.69) is 43.7 Å². The second-order valence-corrected chi connectivity index (χ2v) is 7.53. The first-order valence-corrected chi connectivity index (χ1v) is 6.79. The minimum Gasteiger partial charge on any atom is -0.115 e. The van der Waals surface area contributed by atoms with Gasteiger partial charge in [-0.15, -0.1) is 22.9 Å². The summed E-state index contributed by atoms with van der Waals surface area (Å²) in [5, 5.41) is 0. The van der Waals surface area contributed by atoms with Gasteiger partial charge >= 0.3 is 0 Å². The van der Waals surface area contributed by atoms with Crippen LogP contribution in [-0.4, -0.2) is 8.07 Å². The minimum atomic E-state index is -1.57. The van der Waals surface area contributed by atoms with Crippen LogP contribution in [0.4, 0.5) is 0 Å². The Morgan fingerprint density at radius 3 is 1.67 bits per heavy atom. The highest BCUT2D eigenvalue weighted by atomic mass is 28.3. The maximum absolute atomic E-state index is 3.36. The van der Waals surface area contributed by atoms with Crippen molar-refractivity contribution in [1.29, 1.82) is 0 Å². The largest absolute Gasteiger partial charge is 0.218 e. The predicted octanol–water partition coefficient (Wildman–Crippen LogP) is 2.99. The zero-order chi connectivity index (χ0) is 9.61. The summed E-state index contributed by atoms with van der Waals surface area (Å²) in [6.07, 6.45) is 0. The molecule has 0 aliphatic heterocycles. The molecule has 0 atom stereocenters. The van der Waals surface area contributed by atoms with Gasteiger partial charge in [-0.05, 0) is 25.4 Å². The summed E-state index contributed by atoms with van der Waals surface area (Å²) in [5.74, 6) is 6.07. The van der Waals surface area contributed by atoms with E-state index in [0.29, 0.717) is 5.54 Å². The molecule has 1 heteroatoms. The molecule has 66 valence electrons. The van der Waals surface area contributed by atoms with Crippen molar-refractivity contribution in [2.75, 3.05) is 0 Å². The Morgan fingerprint density at radius 2 is 1.50 bits per heavy atom. The second-order valence-electron chi connectivity index (χ2n) is 3.23. The van der Waals surface area contributed by atoms with Crippen LogP contribution in [0, 0.1) is 22.9 Å². The SMILES string of the molecule is CC#C[Si](C#CC)(CC)C(C)C. The van der Waals surface area contributed by atoms with Gasteiger partial charge in [0, 0.05) is 0 Å². The summed E-state index contributed by atoms with van der Waals surface area (Å²) in [7, 11) is -1.57. The first-order chi connectivity index (χ1) is 5.63. The molecule has 0 aromatic rings. The van der Waals surface area contributed by atoms with Crippen LogP contribution in [0.2, 0.25) is 11.6 Å². The maximum atomic E-state index is 3.36. The number of rotatable bonds is 2. The van der Waals surface area contributed by atoms with Gasteiger partial charge in [0.05, 0.1) is 0 Å². The molecule has 0 amide bonds. The van der Waals surface area contributed by atoms with Crippen molar-refractivity contribution in [3.63, 3.8) is 0 Å². The van der Waals surface area contributed by atoms with Gasteiger partial charge in [0.25, 0.3) is 0 Å². The third-order valence-electron chi connectivity index (χ3n) is 2.24. The summed E-state index contributed by atoms with van der Waals surface area (Å²) in [5.41, 5.74) is 7.36. The van der Waals surface area contributed by atoms with E-state index in [1.54, 1.807) is 0 Å². The van der Waals surface area contributed by atoms with Gasteiger partial charge in [0.2, 0.25) is 8.07 Å². The first kappa shape index (κ1) is 11.3. The Bertz CT molecular complexity index is 222. The molecular weight excluding hydrogens is 160 g/mol. The Morgan fingerprint density at radius 1 is 1.08 bits per heavy atom. The fraction of sp³-hybridized carbons (Fsp3) is 0.636. The number of hydrogen-bond acceptors (Lipinski definition) is 0. The normalized spacial score (nSPS) is 9.83. The maximum Gasteiger partial charge on any atom is 0.218 e. The van der Waals surface area contributed by atoms with Crippen LogP contribution >= 0.6 is 0 Å². The van der Waals surface area contributed by atoms with Crippen molar-refractivity contribution in [2.24, 2.45) is 0 Å². The van der Waals surface area contributed by atoms with Crippen LogP contribution in [0.25, 0.3) is 0 Å². The molecule has 0 heterocycles. The smallest absolute Gasteiger partial charge is 0.115 e. The van der Waals surface area contributed by atoms with Crippen LogP contribution in [0.5, 0.6) is 0 Å². The summed E-state index contributed by atoms with van der Waals surface area (Å²) in [4.78, 5) is 0. The molecule has 0 unspecified atom stereocenters. The molecule has 0 nitrogen and oxygen atoms in total. The standard InChI is InChI=1S/C11H18Si/c1-6-9-12(8-3,10-7-2)11(4)5/h11H,8H2,1-5H3. The highest BCUT2D eigenvalue weighted by Gasteiger charge is 2.31. The molecular formula is C11H18Si. The average Bonchev–Trinajstić information content (AvgIpc) is 2.03. The highest BCUT2D eigenvalue weighted by molar-refractivity contribution is 6.95. The molecule has 0 aromatic heterocycles. The third kappa shape index (κ3) is 2.43. The van der Waals surface area contributed by atoms with Crippen LogP contribution in [0.1, 0.15) is 34.6 Å². The highest BCUT2D eigenvalue weighted by Crippen LogP contribution is 2.23. The van der Waals surface area contributed by atoms with E-state index in [-0.39, 0.29) is 0 Å². The summed E-state index contributed by atoms with van der Waals surface area (Å²) in [6, 6.07) is 1.15. The molecule has 0 N–H and O–H groups in total. The van der Waals surface area contributed by atoms with Crippen molar-refractivity contribution in [3.05, 3.63) is 0 Å². The molecule has 0 aromatic carbocycles. The van der Waals surface area contributed by atoms with Gasteiger partial charge < -0.3 is 0 Å². The van der Waals surface area contributed by atoms with Crippen LogP contribution in [0.3, 0.4) is 0 Å². The van der Waals surface area contributed by atoms with Gasteiger partial charge in [-0.3, -0.25) is 0 Å². The van der Waals surface area contributed by atoms with Crippen molar-refractivity contribution in [1.82, 2.24) is 0 Å². The third-order valence-corrected chi connectivity index (χ3v) is 6.72. The van der Waals surface area contributed by atoms with Crippen molar-refractivity contribution in [3.8, 4) is 22.9 Å². The van der Waals surface area contributed by atoms with Gasteiger partial charge in [-0.2, -0.15) is 0 Å². The molecule has 0 bridgehead atoms. The van der Waals surface area contributed by atoms with Gasteiger partial charge in [0.15, 0.2) is 0 Å². The van der Waals surface area contributed by atoms with E-state index < -0.39 is 8.07 Å². The van der Waals surface area contributed by atoms with Gasteiger partial charge in [-0.25, -0.2) is 0 Å². The lowest BCUT2D eigenvalue weighted by Gasteiger charge is -2.21. The average molecular weight is 178 g/mol. The summed E-state index contributed by atoms with van der Waals surface area (Å²) in [6.45, 7) is 10.5. The topological polar surface area (TPSA) is 0 Å². The van der Waals surface area contributed by atoms with E-state index in [1.165, 1.54) is 0 Å². The molecule has 0 radical (unpaired) electrons. The lowest BCUT2D eigenvalue weighted by atomic mass is 10.6. The molecule has 0 rings (SSSR count). The van der Waals surface area contributed by atoms with Crippen LogP contribution < -0.4 is 0 Å². The molecule has 0 aliphatic rings. The zero-order valence-electron chi connectivity index (χ0n) is 8.78. The van der Waals surface area contributed by atoms with E-state index in [4.69, 9.17) is 0 Å². The second kappa shape index (κ2) is 5.07. The monoisotopic (exact) mass is 178 g/mol.